The number of likely N-dealkylation sites (N-methyl/N-ethyl adjacent to an activating group) is 2. The number of benzene rings is 1. The van der Waals surface area contributed by atoms with E-state index < -0.39 is 4.92 Å². The molecule has 0 bridgehead atoms. The number of nitro benzene ring substituents is 1. The third-order valence-corrected chi connectivity index (χ3v) is 4.27. The molecule has 6 nitrogen and oxygen atoms in total. The van der Waals surface area contributed by atoms with Crippen molar-refractivity contribution in [3.63, 3.8) is 0 Å². The highest BCUT2D eigenvalue weighted by atomic mass is 35.5. The summed E-state index contributed by atoms with van der Waals surface area (Å²) < 4.78 is 0. The minimum absolute atomic E-state index is 0.0254. The molecule has 0 saturated carbocycles. The summed E-state index contributed by atoms with van der Waals surface area (Å²) in [6.07, 6.45) is 0. The van der Waals surface area contributed by atoms with Crippen LogP contribution >= 0.6 is 11.6 Å². The van der Waals surface area contributed by atoms with Crippen molar-refractivity contribution in [2.24, 2.45) is 0 Å². The Morgan fingerprint density at radius 2 is 2.19 bits per heavy atom. The summed E-state index contributed by atoms with van der Waals surface area (Å²) in [5.41, 5.74) is 0.909. The van der Waals surface area contributed by atoms with Crippen LogP contribution in [0, 0.1) is 10.1 Å². The average molecular weight is 313 g/mol. The SMILES string of the molecule is CN1CCN(C)C(CNCc2ccc([N+](=O)[O-])cc2Cl)C1. The van der Waals surface area contributed by atoms with Crippen molar-refractivity contribution < 1.29 is 4.92 Å². The second kappa shape index (κ2) is 7.17. The first-order valence-corrected chi connectivity index (χ1v) is 7.37. The van der Waals surface area contributed by atoms with Gasteiger partial charge in [0.05, 0.1) is 9.95 Å². The molecule has 1 atom stereocenters. The Morgan fingerprint density at radius 3 is 2.86 bits per heavy atom. The predicted molar refractivity (Wildman–Crippen MR) is 83.7 cm³/mol. The minimum atomic E-state index is -0.435. The summed E-state index contributed by atoms with van der Waals surface area (Å²) in [5, 5.41) is 14.5. The standard InChI is InChI=1S/C14H21ClN4O2/c1-17-5-6-18(2)13(10-17)9-16-8-11-3-4-12(19(20)21)7-14(11)15/h3-4,7,13,16H,5-6,8-10H2,1-2H3. The number of hydrogen-bond donors (Lipinski definition) is 1. The van der Waals surface area contributed by atoms with Crippen LogP contribution in [-0.2, 0) is 6.54 Å². The molecule has 1 N–H and O–H groups in total. The number of nitrogens with zero attached hydrogens (tertiary/aromatic N) is 3. The van der Waals surface area contributed by atoms with Gasteiger partial charge >= 0.3 is 0 Å². The first-order valence-electron chi connectivity index (χ1n) is 6.99. The van der Waals surface area contributed by atoms with E-state index in [0.717, 1.165) is 31.7 Å². The van der Waals surface area contributed by atoms with Gasteiger partial charge in [0.25, 0.3) is 5.69 Å². The van der Waals surface area contributed by atoms with Gasteiger partial charge in [-0.1, -0.05) is 11.6 Å². The number of piperazine rings is 1. The monoisotopic (exact) mass is 312 g/mol. The van der Waals surface area contributed by atoms with Crippen molar-refractivity contribution in [3.05, 3.63) is 38.9 Å². The van der Waals surface area contributed by atoms with E-state index >= 15 is 0 Å². The van der Waals surface area contributed by atoms with Crippen molar-refractivity contribution in [2.75, 3.05) is 40.3 Å². The molecule has 0 spiro atoms. The van der Waals surface area contributed by atoms with Gasteiger partial charge in [-0.3, -0.25) is 15.0 Å². The summed E-state index contributed by atoms with van der Waals surface area (Å²) >= 11 is 6.08. The van der Waals surface area contributed by atoms with Crippen LogP contribution in [0.5, 0.6) is 0 Å². The second-order valence-corrected chi connectivity index (χ2v) is 5.97. The van der Waals surface area contributed by atoms with Crippen LogP contribution in [0.15, 0.2) is 18.2 Å². The molecule has 116 valence electrons. The van der Waals surface area contributed by atoms with Gasteiger partial charge in [-0.15, -0.1) is 0 Å². The topological polar surface area (TPSA) is 61.6 Å². The lowest BCUT2D eigenvalue weighted by Gasteiger charge is -2.37. The summed E-state index contributed by atoms with van der Waals surface area (Å²) in [6.45, 7) is 4.69. The largest absolute Gasteiger partial charge is 0.311 e. The number of nitro groups is 1. The van der Waals surface area contributed by atoms with Gasteiger partial charge in [0.2, 0.25) is 0 Å². The third-order valence-electron chi connectivity index (χ3n) is 3.92. The van der Waals surface area contributed by atoms with Crippen LogP contribution in [-0.4, -0.2) is 61.0 Å². The lowest BCUT2D eigenvalue weighted by molar-refractivity contribution is -0.384. The van der Waals surface area contributed by atoms with Crippen molar-refractivity contribution in [3.8, 4) is 0 Å². The molecule has 1 aliphatic rings. The number of nitrogens with one attached hydrogen (secondary N) is 1. The van der Waals surface area contributed by atoms with Gasteiger partial charge in [-0.2, -0.15) is 0 Å². The number of rotatable bonds is 5. The van der Waals surface area contributed by atoms with Crippen molar-refractivity contribution in [2.45, 2.75) is 12.6 Å². The Labute approximate surface area is 129 Å². The fourth-order valence-electron chi connectivity index (χ4n) is 2.49. The summed E-state index contributed by atoms with van der Waals surface area (Å²) in [7, 11) is 4.27. The first-order chi connectivity index (χ1) is 9.97. The second-order valence-electron chi connectivity index (χ2n) is 5.56. The van der Waals surface area contributed by atoms with E-state index in [2.05, 4.69) is 29.2 Å². The minimum Gasteiger partial charge on any atom is -0.311 e. The summed E-state index contributed by atoms with van der Waals surface area (Å²) in [5.74, 6) is 0. The quantitative estimate of drug-likeness (QED) is 0.661. The predicted octanol–water partition coefficient (Wildman–Crippen LogP) is 1.58. The van der Waals surface area contributed by atoms with Crippen molar-refractivity contribution >= 4 is 17.3 Å². The molecule has 0 aliphatic carbocycles. The van der Waals surface area contributed by atoms with E-state index in [1.54, 1.807) is 6.07 Å². The van der Waals surface area contributed by atoms with E-state index in [0.29, 0.717) is 17.6 Å². The lowest BCUT2D eigenvalue weighted by Crippen LogP contribution is -2.53. The van der Waals surface area contributed by atoms with E-state index in [1.807, 2.05) is 0 Å². The number of non-ortho nitro benzene ring substituents is 1. The number of hydrogen-bond acceptors (Lipinski definition) is 5. The van der Waals surface area contributed by atoms with Gasteiger partial charge in [0, 0.05) is 50.9 Å². The highest BCUT2D eigenvalue weighted by Gasteiger charge is 2.21. The Hall–Kier alpha value is -1.21. The average Bonchev–Trinajstić information content (AvgIpc) is 2.44. The number of halogens is 1. The van der Waals surface area contributed by atoms with E-state index in [9.17, 15) is 10.1 Å². The summed E-state index contributed by atoms with van der Waals surface area (Å²) in [4.78, 5) is 14.9. The first kappa shape index (κ1) is 16.2. The maximum absolute atomic E-state index is 10.7. The zero-order valence-corrected chi connectivity index (χ0v) is 13.1. The van der Waals surface area contributed by atoms with Gasteiger partial charge in [0.15, 0.2) is 0 Å². The van der Waals surface area contributed by atoms with Gasteiger partial charge in [-0.25, -0.2) is 0 Å². The Bertz CT molecular complexity index is 512. The van der Waals surface area contributed by atoms with Crippen LogP contribution in [0.3, 0.4) is 0 Å². The Kier molecular flexibility index (Phi) is 5.52. The third kappa shape index (κ3) is 4.38. The molecule has 0 radical (unpaired) electrons. The Balaban J connectivity index is 1.87. The van der Waals surface area contributed by atoms with Crippen LogP contribution in [0.1, 0.15) is 5.56 Å². The molecule has 1 unspecified atom stereocenters. The highest BCUT2D eigenvalue weighted by Crippen LogP contribution is 2.22. The molecule has 21 heavy (non-hydrogen) atoms. The lowest BCUT2D eigenvalue weighted by atomic mass is 10.1. The zero-order valence-electron chi connectivity index (χ0n) is 12.4. The van der Waals surface area contributed by atoms with Crippen LogP contribution in [0.2, 0.25) is 5.02 Å². The van der Waals surface area contributed by atoms with Gasteiger partial charge < -0.3 is 10.2 Å². The Morgan fingerprint density at radius 1 is 1.43 bits per heavy atom. The molecule has 1 aromatic carbocycles. The van der Waals surface area contributed by atoms with Crippen LogP contribution < -0.4 is 5.32 Å². The molecular weight excluding hydrogens is 292 g/mol. The molecule has 0 aromatic heterocycles. The maximum Gasteiger partial charge on any atom is 0.270 e. The van der Waals surface area contributed by atoms with Crippen molar-refractivity contribution in [1.29, 1.82) is 0 Å². The molecule has 2 rings (SSSR count). The molecule has 7 heteroatoms. The van der Waals surface area contributed by atoms with E-state index in [4.69, 9.17) is 11.6 Å². The normalized spacial score (nSPS) is 20.6. The highest BCUT2D eigenvalue weighted by molar-refractivity contribution is 6.31. The molecular formula is C14H21ClN4O2. The van der Waals surface area contributed by atoms with Gasteiger partial charge in [0.1, 0.15) is 0 Å². The van der Waals surface area contributed by atoms with Gasteiger partial charge in [-0.05, 0) is 25.7 Å². The van der Waals surface area contributed by atoms with Crippen molar-refractivity contribution in [1.82, 2.24) is 15.1 Å². The van der Waals surface area contributed by atoms with Crippen LogP contribution in [0.25, 0.3) is 0 Å². The molecule has 0 amide bonds. The van der Waals surface area contributed by atoms with E-state index in [-0.39, 0.29) is 5.69 Å². The maximum atomic E-state index is 10.7. The van der Waals surface area contributed by atoms with E-state index in [1.165, 1.54) is 12.1 Å². The molecule has 1 aromatic rings. The molecule has 1 saturated heterocycles. The fraction of sp³-hybridized carbons (Fsp3) is 0.571. The molecule has 1 heterocycles. The zero-order chi connectivity index (χ0) is 15.4. The summed E-state index contributed by atoms with van der Waals surface area (Å²) in [6, 6.07) is 5.08. The molecule has 1 fully saturated rings. The molecule has 1 aliphatic heterocycles. The fourth-order valence-corrected chi connectivity index (χ4v) is 2.73. The smallest absolute Gasteiger partial charge is 0.270 e. The van der Waals surface area contributed by atoms with Crippen LogP contribution in [0.4, 0.5) is 5.69 Å².